The lowest BCUT2D eigenvalue weighted by Gasteiger charge is -2.03. The summed E-state index contributed by atoms with van der Waals surface area (Å²) in [4.78, 5) is 22.6. The molecule has 0 saturated heterocycles. The van der Waals surface area contributed by atoms with Crippen LogP contribution in [-0.4, -0.2) is 18.4 Å². The summed E-state index contributed by atoms with van der Waals surface area (Å²) in [7, 11) is 0. The number of benzene rings is 1. The maximum atomic E-state index is 12.8. The number of ether oxygens (including phenoxy) is 1. The minimum atomic E-state index is -1.11. The second kappa shape index (κ2) is 6.08. The molecule has 17 heavy (non-hydrogen) atoms. The number of ketones is 1. The summed E-state index contributed by atoms with van der Waals surface area (Å²) in [5, 5.41) is 0. The first kappa shape index (κ1) is 13.3. The van der Waals surface area contributed by atoms with E-state index in [1.165, 1.54) is 0 Å². The van der Waals surface area contributed by atoms with Crippen LogP contribution in [0.3, 0.4) is 0 Å². The molecule has 0 amide bonds. The molecule has 0 aromatic heterocycles. The van der Waals surface area contributed by atoms with Gasteiger partial charge in [-0.05, 0) is 24.6 Å². The first-order valence-corrected chi connectivity index (χ1v) is 5.18. The van der Waals surface area contributed by atoms with Crippen LogP contribution < -0.4 is 0 Å². The van der Waals surface area contributed by atoms with Gasteiger partial charge in [0.25, 0.3) is 0 Å². The van der Waals surface area contributed by atoms with Crippen molar-refractivity contribution in [3.63, 3.8) is 0 Å². The van der Waals surface area contributed by atoms with Crippen molar-refractivity contribution in [1.82, 2.24) is 0 Å². The van der Waals surface area contributed by atoms with E-state index in [0.29, 0.717) is 6.42 Å². The highest BCUT2D eigenvalue weighted by Crippen LogP contribution is 2.11. The molecule has 0 spiro atoms. The van der Waals surface area contributed by atoms with E-state index >= 15 is 0 Å². The maximum absolute atomic E-state index is 12.8. The summed E-state index contributed by atoms with van der Waals surface area (Å²) in [5.74, 6) is -3.40. The number of Topliss-reactive ketones (excluding diaryl/α,β-unsaturated/α-hetero) is 1. The zero-order chi connectivity index (χ0) is 12.8. The molecule has 0 aliphatic carbocycles. The number of esters is 1. The first-order chi connectivity index (χ1) is 8.04. The van der Waals surface area contributed by atoms with Gasteiger partial charge in [-0.1, -0.05) is 6.92 Å². The summed E-state index contributed by atoms with van der Waals surface area (Å²) in [6.07, 6.45) is 0.191. The fraction of sp³-hybridized carbons (Fsp3) is 0.333. The minimum Gasteiger partial charge on any atom is -0.465 e. The van der Waals surface area contributed by atoms with Crippen molar-refractivity contribution in [3.05, 3.63) is 35.4 Å². The summed E-state index contributed by atoms with van der Waals surface area (Å²) in [5.41, 5.74) is -0.0441. The molecule has 92 valence electrons. The lowest BCUT2D eigenvalue weighted by atomic mass is 10.1. The first-order valence-electron chi connectivity index (χ1n) is 5.18. The Morgan fingerprint density at radius 3 is 2.53 bits per heavy atom. The number of carbonyl (C=O) groups is 2. The van der Waals surface area contributed by atoms with E-state index in [0.717, 1.165) is 18.2 Å². The standard InChI is InChI=1S/C12H12F2O3/c1-2-5-17-12(16)7-11(15)8-3-4-9(13)10(14)6-8/h3-4,6H,2,5,7H2,1H3. The summed E-state index contributed by atoms with van der Waals surface area (Å²) < 4.78 is 30.2. The fourth-order valence-electron chi connectivity index (χ4n) is 1.17. The third-order valence-electron chi connectivity index (χ3n) is 2.01. The van der Waals surface area contributed by atoms with Crippen LogP contribution in [-0.2, 0) is 9.53 Å². The number of rotatable bonds is 5. The summed E-state index contributed by atoms with van der Waals surface area (Å²) in [6.45, 7) is 2.06. The van der Waals surface area contributed by atoms with Crippen LogP contribution in [0.1, 0.15) is 30.1 Å². The molecule has 0 bridgehead atoms. The van der Waals surface area contributed by atoms with Gasteiger partial charge >= 0.3 is 5.97 Å². The second-order valence-electron chi connectivity index (χ2n) is 3.45. The second-order valence-corrected chi connectivity index (χ2v) is 3.45. The average molecular weight is 242 g/mol. The SMILES string of the molecule is CCCOC(=O)CC(=O)c1ccc(F)c(F)c1. The summed E-state index contributed by atoms with van der Waals surface area (Å²) in [6, 6.07) is 2.75. The minimum absolute atomic E-state index is 0.0441. The normalized spacial score (nSPS) is 10.1. The van der Waals surface area contributed by atoms with Gasteiger partial charge < -0.3 is 4.74 Å². The molecule has 0 unspecified atom stereocenters. The van der Waals surface area contributed by atoms with Gasteiger partial charge in [0.2, 0.25) is 0 Å². The monoisotopic (exact) mass is 242 g/mol. The van der Waals surface area contributed by atoms with E-state index in [4.69, 9.17) is 4.74 Å². The topological polar surface area (TPSA) is 43.4 Å². The smallest absolute Gasteiger partial charge is 0.313 e. The molecular weight excluding hydrogens is 230 g/mol. The van der Waals surface area contributed by atoms with Crippen LogP contribution in [0.15, 0.2) is 18.2 Å². The molecule has 3 nitrogen and oxygen atoms in total. The Hall–Kier alpha value is -1.78. The number of halogens is 2. The van der Waals surface area contributed by atoms with Crippen LogP contribution >= 0.6 is 0 Å². The van der Waals surface area contributed by atoms with Gasteiger partial charge in [0, 0.05) is 5.56 Å². The molecule has 0 N–H and O–H groups in total. The van der Waals surface area contributed by atoms with Crippen LogP contribution in [0.2, 0.25) is 0 Å². The highest BCUT2D eigenvalue weighted by atomic mass is 19.2. The molecule has 0 aliphatic heterocycles. The Labute approximate surface area is 97.4 Å². The number of carbonyl (C=O) groups excluding carboxylic acids is 2. The van der Waals surface area contributed by atoms with Crippen LogP contribution in [0.5, 0.6) is 0 Å². The van der Waals surface area contributed by atoms with Crippen molar-refractivity contribution in [1.29, 1.82) is 0 Å². The van der Waals surface area contributed by atoms with Gasteiger partial charge in [0.05, 0.1) is 6.61 Å². The van der Waals surface area contributed by atoms with E-state index < -0.39 is 29.8 Å². The van der Waals surface area contributed by atoms with Crippen molar-refractivity contribution in [2.75, 3.05) is 6.61 Å². The van der Waals surface area contributed by atoms with E-state index in [1.54, 1.807) is 0 Å². The largest absolute Gasteiger partial charge is 0.465 e. The van der Waals surface area contributed by atoms with Crippen molar-refractivity contribution < 1.29 is 23.1 Å². The van der Waals surface area contributed by atoms with Crippen LogP contribution in [0, 0.1) is 11.6 Å². The zero-order valence-electron chi connectivity index (χ0n) is 9.33. The lowest BCUT2D eigenvalue weighted by Crippen LogP contribution is -2.12. The van der Waals surface area contributed by atoms with E-state index in [-0.39, 0.29) is 12.2 Å². The van der Waals surface area contributed by atoms with Gasteiger partial charge in [-0.15, -0.1) is 0 Å². The molecule has 0 radical (unpaired) electrons. The Balaban J connectivity index is 2.63. The Bertz CT molecular complexity index is 430. The average Bonchev–Trinajstić information content (AvgIpc) is 2.30. The Morgan fingerprint density at radius 2 is 1.94 bits per heavy atom. The predicted molar refractivity (Wildman–Crippen MR) is 56.6 cm³/mol. The van der Waals surface area contributed by atoms with Gasteiger partial charge in [-0.2, -0.15) is 0 Å². The number of hydrogen-bond donors (Lipinski definition) is 0. The third-order valence-corrected chi connectivity index (χ3v) is 2.01. The van der Waals surface area contributed by atoms with Gasteiger partial charge in [-0.3, -0.25) is 9.59 Å². The summed E-state index contributed by atoms with van der Waals surface area (Å²) >= 11 is 0. The molecular formula is C12H12F2O3. The Kier molecular flexibility index (Phi) is 4.75. The maximum Gasteiger partial charge on any atom is 0.313 e. The third kappa shape index (κ3) is 3.94. The van der Waals surface area contributed by atoms with Gasteiger partial charge in [0.15, 0.2) is 17.4 Å². The van der Waals surface area contributed by atoms with Crippen molar-refractivity contribution in [2.24, 2.45) is 0 Å². The Morgan fingerprint density at radius 1 is 1.24 bits per heavy atom. The highest BCUT2D eigenvalue weighted by molar-refractivity contribution is 6.05. The van der Waals surface area contributed by atoms with Crippen molar-refractivity contribution >= 4 is 11.8 Å². The quantitative estimate of drug-likeness (QED) is 0.452. The molecule has 0 aliphatic rings. The zero-order valence-corrected chi connectivity index (χ0v) is 9.33. The van der Waals surface area contributed by atoms with Crippen LogP contribution in [0.4, 0.5) is 8.78 Å². The van der Waals surface area contributed by atoms with E-state index in [9.17, 15) is 18.4 Å². The molecule has 1 aromatic rings. The van der Waals surface area contributed by atoms with E-state index in [2.05, 4.69) is 0 Å². The molecule has 0 saturated carbocycles. The molecule has 0 atom stereocenters. The van der Waals surface area contributed by atoms with E-state index in [1.807, 2.05) is 6.92 Å². The lowest BCUT2D eigenvalue weighted by molar-refractivity contribution is -0.142. The molecule has 0 heterocycles. The molecule has 5 heteroatoms. The van der Waals surface area contributed by atoms with Gasteiger partial charge in [0.1, 0.15) is 6.42 Å². The van der Waals surface area contributed by atoms with Crippen molar-refractivity contribution in [3.8, 4) is 0 Å². The van der Waals surface area contributed by atoms with Crippen molar-refractivity contribution in [2.45, 2.75) is 19.8 Å². The fourth-order valence-corrected chi connectivity index (χ4v) is 1.17. The molecule has 0 fully saturated rings. The molecule has 1 rings (SSSR count). The highest BCUT2D eigenvalue weighted by Gasteiger charge is 2.14. The molecule has 1 aromatic carbocycles. The van der Waals surface area contributed by atoms with Crippen LogP contribution in [0.25, 0.3) is 0 Å². The number of hydrogen-bond acceptors (Lipinski definition) is 3. The predicted octanol–water partition coefficient (Wildman–Crippen LogP) is 2.49. The van der Waals surface area contributed by atoms with Gasteiger partial charge in [-0.25, -0.2) is 8.78 Å².